The normalized spacial score (nSPS) is 11.5. The molecule has 0 bridgehead atoms. The lowest BCUT2D eigenvalue weighted by Crippen LogP contribution is -2.28. The van der Waals surface area contributed by atoms with Gasteiger partial charge in [-0.05, 0) is 6.07 Å². The Kier molecular flexibility index (Phi) is 4.00. The van der Waals surface area contributed by atoms with E-state index in [4.69, 9.17) is 10.5 Å². The van der Waals surface area contributed by atoms with Crippen molar-refractivity contribution >= 4 is 5.69 Å². The Hall–Kier alpha value is -1.43. The molecule has 0 spiro atoms. The molecule has 0 aliphatic carbocycles. The van der Waals surface area contributed by atoms with Gasteiger partial charge in [0.1, 0.15) is 5.75 Å². The molecule has 3 N–H and O–H groups in total. The summed E-state index contributed by atoms with van der Waals surface area (Å²) in [5, 5.41) is 2.29. The molecule has 0 atom stereocenters. The average Bonchev–Trinajstić information content (AvgIpc) is 2.18. The standard InChI is InChI=1S/C10H13F3N2O/c1-16-9-4-8(14)3-2-7(9)5-15-6-10(11,12)13/h2-4,15H,5-6,14H2,1H3. The van der Waals surface area contributed by atoms with E-state index < -0.39 is 12.7 Å². The molecule has 0 saturated heterocycles. The summed E-state index contributed by atoms with van der Waals surface area (Å²) in [7, 11) is 1.45. The van der Waals surface area contributed by atoms with Crippen LogP contribution in [0.15, 0.2) is 18.2 Å². The first-order valence-corrected chi connectivity index (χ1v) is 4.62. The molecule has 1 aromatic rings. The lowest BCUT2D eigenvalue weighted by Gasteiger charge is -2.11. The first-order valence-electron chi connectivity index (χ1n) is 4.62. The maximum Gasteiger partial charge on any atom is 0.401 e. The van der Waals surface area contributed by atoms with Crippen molar-refractivity contribution in [2.75, 3.05) is 19.4 Å². The molecule has 1 aromatic carbocycles. The van der Waals surface area contributed by atoms with Gasteiger partial charge in [-0.15, -0.1) is 0 Å². The summed E-state index contributed by atoms with van der Waals surface area (Å²) in [6.07, 6.45) is -4.21. The highest BCUT2D eigenvalue weighted by Gasteiger charge is 2.26. The highest BCUT2D eigenvalue weighted by atomic mass is 19.4. The highest BCUT2D eigenvalue weighted by Crippen LogP contribution is 2.21. The van der Waals surface area contributed by atoms with Crippen molar-refractivity contribution in [3.05, 3.63) is 23.8 Å². The topological polar surface area (TPSA) is 47.3 Å². The number of anilines is 1. The molecular formula is C10H13F3N2O. The third-order valence-corrected chi connectivity index (χ3v) is 1.95. The largest absolute Gasteiger partial charge is 0.496 e. The van der Waals surface area contributed by atoms with E-state index >= 15 is 0 Å². The molecule has 1 rings (SSSR count). The monoisotopic (exact) mass is 234 g/mol. The van der Waals surface area contributed by atoms with Crippen LogP contribution in [0.1, 0.15) is 5.56 Å². The summed E-state index contributed by atoms with van der Waals surface area (Å²) in [5.74, 6) is 0.481. The molecule has 0 radical (unpaired) electrons. The zero-order chi connectivity index (χ0) is 12.2. The van der Waals surface area contributed by atoms with Gasteiger partial charge >= 0.3 is 6.18 Å². The van der Waals surface area contributed by atoms with Crippen LogP contribution >= 0.6 is 0 Å². The van der Waals surface area contributed by atoms with Crippen LogP contribution in [0.3, 0.4) is 0 Å². The van der Waals surface area contributed by atoms with Crippen LogP contribution in [-0.4, -0.2) is 19.8 Å². The Morgan fingerprint density at radius 1 is 1.38 bits per heavy atom. The van der Waals surface area contributed by atoms with Gasteiger partial charge in [-0.25, -0.2) is 0 Å². The van der Waals surface area contributed by atoms with E-state index in [-0.39, 0.29) is 6.54 Å². The van der Waals surface area contributed by atoms with E-state index in [1.54, 1.807) is 18.2 Å². The van der Waals surface area contributed by atoms with Gasteiger partial charge in [0.2, 0.25) is 0 Å². The van der Waals surface area contributed by atoms with E-state index in [2.05, 4.69) is 5.32 Å². The molecule has 0 aliphatic heterocycles. The second kappa shape index (κ2) is 5.07. The maximum atomic E-state index is 11.9. The summed E-state index contributed by atoms with van der Waals surface area (Å²) in [6, 6.07) is 4.83. The minimum atomic E-state index is -4.21. The summed E-state index contributed by atoms with van der Waals surface area (Å²) in [6.45, 7) is -0.941. The molecule has 0 fully saturated rings. The number of hydrogen-bond donors (Lipinski definition) is 2. The fourth-order valence-electron chi connectivity index (χ4n) is 1.25. The van der Waals surface area contributed by atoms with Crippen LogP contribution in [0.4, 0.5) is 18.9 Å². The zero-order valence-corrected chi connectivity index (χ0v) is 8.77. The van der Waals surface area contributed by atoms with E-state index in [1.807, 2.05) is 0 Å². The van der Waals surface area contributed by atoms with E-state index in [0.717, 1.165) is 0 Å². The minimum Gasteiger partial charge on any atom is -0.496 e. The number of nitrogen functional groups attached to an aromatic ring is 1. The summed E-state index contributed by atoms with van der Waals surface area (Å²) in [5.41, 5.74) is 6.67. The third-order valence-electron chi connectivity index (χ3n) is 1.95. The van der Waals surface area contributed by atoms with Crippen molar-refractivity contribution < 1.29 is 17.9 Å². The van der Waals surface area contributed by atoms with E-state index in [9.17, 15) is 13.2 Å². The highest BCUT2D eigenvalue weighted by molar-refractivity contribution is 5.48. The summed E-state index contributed by atoms with van der Waals surface area (Å²) in [4.78, 5) is 0. The number of alkyl halides is 3. The van der Waals surface area contributed by atoms with Gasteiger partial charge in [-0.1, -0.05) is 6.07 Å². The quantitative estimate of drug-likeness (QED) is 0.782. The van der Waals surface area contributed by atoms with E-state index in [0.29, 0.717) is 17.0 Å². The Morgan fingerprint density at radius 3 is 2.62 bits per heavy atom. The van der Waals surface area contributed by atoms with Crippen molar-refractivity contribution in [3.8, 4) is 5.75 Å². The molecule has 6 heteroatoms. The Morgan fingerprint density at radius 2 is 2.06 bits per heavy atom. The number of hydrogen-bond acceptors (Lipinski definition) is 3. The molecule has 16 heavy (non-hydrogen) atoms. The number of rotatable bonds is 4. The lowest BCUT2D eigenvalue weighted by molar-refractivity contribution is -0.125. The van der Waals surface area contributed by atoms with Crippen LogP contribution in [0.5, 0.6) is 5.75 Å². The molecule has 0 aromatic heterocycles. The lowest BCUT2D eigenvalue weighted by atomic mass is 10.2. The van der Waals surface area contributed by atoms with Crippen LogP contribution in [0.25, 0.3) is 0 Å². The number of ether oxygens (including phenoxy) is 1. The number of benzene rings is 1. The molecular weight excluding hydrogens is 221 g/mol. The van der Waals surface area contributed by atoms with Gasteiger partial charge in [0.25, 0.3) is 0 Å². The number of nitrogens with two attached hydrogens (primary N) is 1. The van der Waals surface area contributed by atoms with Crippen molar-refractivity contribution in [1.82, 2.24) is 5.32 Å². The van der Waals surface area contributed by atoms with Crippen LogP contribution in [0, 0.1) is 0 Å². The fraction of sp³-hybridized carbons (Fsp3) is 0.400. The smallest absolute Gasteiger partial charge is 0.401 e. The van der Waals surface area contributed by atoms with Gasteiger partial charge in [0.15, 0.2) is 0 Å². The SMILES string of the molecule is COc1cc(N)ccc1CNCC(F)(F)F. The van der Waals surface area contributed by atoms with Gasteiger partial charge in [0.05, 0.1) is 13.7 Å². The van der Waals surface area contributed by atoms with Crippen molar-refractivity contribution in [2.45, 2.75) is 12.7 Å². The number of methoxy groups -OCH3 is 1. The first kappa shape index (κ1) is 12.6. The molecule has 0 aliphatic rings. The molecule has 0 saturated carbocycles. The summed E-state index contributed by atoms with van der Waals surface area (Å²) < 4.78 is 40.7. The Balaban J connectivity index is 2.60. The van der Waals surface area contributed by atoms with Gasteiger partial charge < -0.3 is 15.8 Å². The molecule has 0 amide bonds. The predicted molar refractivity (Wildman–Crippen MR) is 55.2 cm³/mol. The number of nitrogens with one attached hydrogen (secondary N) is 1. The number of halogens is 3. The average molecular weight is 234 g/mol. The maximum absolute atomic E-state index is 11.9. The van der Waals surface area contributed by atoms with Gasteiger partial charge in [-0.3, -0.25) is 0 Å². The van der Waals surface area contributed by atoms with Crippen LogP contribution in [0.2, 0.25) is 0 Å². The van der Waals surface area contributed by atoms with Crippen molar-refractivity contribution in [2.24, 2.45) is 0 Å². The van der Waals surface area contributed by atoms with E-state index in [1.165, 1.54) is 7.11 Å². The fourth-order valence-corrected chi connectivity index (χ4v) is 1.25. The van der Waals surface area contributed by atoms with Crippen molar-refractivity contribution in [1.29, 1.82) is 0 Å². The van der Waals surface area contributed by atoms with Crippen molar-refractivity contribution in [3.63, 3.8) is 0 Å². The third kappa shape index (κ3) is 3.98. The Bertz CT molecular complexity index is 352. The minimum absolute atomic E-state index is 0.0863. The van der Waals surface area contributed by atoms with Crippen LogP contribution in [-0.2, 0) is 6.54 Å². The molecule has 3 nitrogen and oxygen atoms in total. The molecule has 0 unspecified atom stereocenters. The second-order valence-electron chi connectivity index (χ2n) is 3.29. The zero-order valence-electron chi connectivity index (χ0n) is 8.77. The molecule has 0 heterocycles. The second-order valence-corrected chi connectivity index (χ2v) is 3.29. The molecule has 90 valence electrons. The van der Waals surface area contributed by atoms with Gasteiger partial charge in [-0.2, -0.15) is 13.2 Å². The van der Waals surface area contributed by atoms with Crippen LogP contribution < -0.4 is 15.8 Å². The van der Waals surface area contributed by atoms with Gasteiger partial charge in [0, 0.05) is 23.9 Å². The first-order chi connectivity index (χ1) is 7.42. The predicted octanol–water partition coefficient (Wildman–Crippen LogP) is 1.93. The Labute approximate surface area is 91.4 Å². The summed E-state index contributed by atoms with van der Waals surface area (Å²) >= 11 is 0.